The van der Waals surface area contributed by atoms with E-state index in [9.17, 15) is 9.90 Å². The van der Waals surface area contributed by atoms with E-state index < -0.39 is 6.10 Å². The molecule has 3 N–H and O–H groups in total. The van der Waals surface area contributed by atoms with Gasteiger partial charge < -0.3 is 15.4 Å². The molecule has 0 saturated carbocycles. The zero-order chi connectivity index (χ0) is 18.6. The molecular formula is C21H23N3O2. The van der Waals surface area contributed by atoms with Crippen molar-refractivity contribution < 1.29 is 5.11 Å². The number of aryl methyl sites for hydroxylation is 1. The number of nitrogens with two attached hydrogens (primary N) is 1. The van der Waals surface area contributed by atoms with E-state index in [0.29, 0.717) is 29.8 Å². The first-order chi connectivity index (χ1) is 12.5. The molecule has 1 atom stereocenters. The van der Waals surface area contributed by atoms with Gasteiger partial charge in [-0.05, 0) is 55.2 Å². The van der Waals surface area contributed by atoms with Crippen molar-refractivity contribution in [3.63, 3.8) is 0 Å². The minimum atomic E-state index is -0.636. The molecule has 5 heteroatoms. The molecule has 1 aliphatic heterocycles. The van der Waals surface area contributed by atoms with Gasteiger partial charge in [-0.15, -0.1) is 0 Å². The second kappa shape index (κ2) is 5.95. The zero-order valence-corrected chi connectivity index (χ0v) is 15.3. The molecule has 0 spiro atoms. The van der Waals surface area contributed by atoms with Gasteiger partial charge in [-0.2, -0.15) is 0 Å². The molecule has 0 radical (unpaired) electrons. The van der Waals surface area contributed by atoms with Crippen LogP contribution in [0, 0.1) is 6.92 Å². The summed E-state index contributed by atoms with van der Waals surface area (Å²) < 4.78 is 1.78. The summed E-state index contributed by atoms with van der Waals surface area (Å²) in [6, 6.07) is 7.68. The molecule has 4 rings (SSSR count). The lowest BCUT2D eigenvalue weighted by Gasteiger charge is -2.14. The van der Waals surface area contributed by atoms with Crippen LogP contribution in [0.1, 0.15) is 48.6 Å². The second-order valence-electron chi connectivity index (χ2n) is 6.97. The Bertz CT molecular complexity index is 1100. The van der Waals surface area contributed by atoms with Gasteiger partial charge >= 0.3 is 0 Å². The molecule has 3 heterocycles. The van der Waals surface area contributed by atoms with Gasteiger partial charge in [-0.1, -0.05) is 13.8 Å². The van der Waals surface area contributed by atoms with E-state index in [1.54, 1.807) is 11.5 Å². The van der Waals surface area contributed by atoms with Crippen molar-refractivity contribution in [3.05, 3.63) is 56.9 Å². The number of aliphatic hydroxyl groups is 1. The van der Waals surface area contributed by atoms with Crippen molar-refractivity contribution in [1.82, 2.24) is 9.55 Å². The van der Waals surface area contributed by atoms with E-state index in [1.165, 1.54) is 5.56 Å². The third-order valence-corrected chi connectivity index (χ3v) is 5.47. The molecule has 3 aromatic rings. The highest BCUT2D eigenvalue weighted by atomic mass is 16.3. The zero-order valence-electron chi connectivity index (χ0n) is 15.3. The molecule has 1 unspecified atom stereocenters. The topological polar surface area (TPSA) is 81.1 Å². The van der Waals surface area contributed by atoms with Crippen LogP contribution in [-0.2, 0) is 13.0 Å². The summed E-state index contributed by atoms with van der Waals surface area (Å²) in [5.41, 5.74) is 12.8. The molecule has 5 nitrogen and oxygen atoms in total. The minimum Gasteiger partial charge on any atom is -0.399 e. The summed E-state index contributed by atoms with van der Waals surface area (Å²) in [6.07, 6.45) is 0.779. The Morgan fingerprint density at radius 1 is 1.31 bits per heavy atom. The number of aliphatic hydroxyl groups excluding tert-OH is 1. The predicted molar refractivity (Wildman–Crippen MR) is 104 cm³/mol. The Balaban J connectivity index is 2.05. The summed E-state index contributed by atoms with van der Waals surface area (Å²) in [7, 11) is 0. The predicted octanol–water partition coefficient (Wildman–Crippen LogP) is 3.32. The largest absolute Gasteiger partial charge is 0.399 e. The van der Waals surface area contributed by atoms with Crippen LogP contribution in [0.3, 0.4) is 0 Å². The second-order valence-corrected chi connectivity index (χ2v) is 6.97. The van der Waals surface area contributed by atoms with Gasteiger partial charge in [-0.3, -0.25) is 4.79 Å². The van der Waals surface area contributed by atoms with Crippen LogP contribution >= 0.6 is 0 Å². The van der Waals surface area contributed by atoms with Crippen LogP contribution in [-0.4, -0.2) is 14.7 Å². The molecule has 0 saturated heterocycles. The van der Waals surface area contributed by atoms with E-state index in [-0.39, 0.29) is 5.56 Å². The van der Waals surface area contributed by atoms with Crippen molar-refractivity contribution in [3.8, 4) is 11.4 Å². The fraction of sp³-hybridized carbons (Fsp3) is 0.333. The number of nitrogen functional groups attached to an aromatic ring is 1. The molecule has 2 aromatic heterocycles. The van der Waals surface area contributed by atoms with Crippen molar-refractivity contribution in [2.45, 2.75) is 46.3 Å². The average Bonchev–Trinajstić information content (AvgIpc) is 3.00. The molecule has 0 fully saturated rings. The van der Waals surface area contributed by atoms with Gasteiger partial charge in [0.25, 0.3) is 5.56 Å². The molecule has 1 aromatic carbocycles. The Kier molecular flexibility index (Phi) is 3.84. The maximum atomic E-state index is 12.9. The molecule has 0 bridgehead atoms. The van der Waals surface area contributed by atoms with E-state index >= 15 is 0 Å². The number of anilines is 1. The molecule has 26 heavy (non-hydrogen) atoms. The summed E-state index contributed by atoms with van der Waals surface area (Å²) in [6.45, 7) is 6.34. The Hall–Kier alpha value is -2.66. The van der Waals surface area contributed by atoms with Crippen LogP contribution in [0.25, 0.3) is 22.3 Å². The molecular weight excluding hydrogens is 326 g/mol. The van der Waals surface area contributed by atoms with E-state index in [2.05, 4.69) is 6.92 Å². The first-order valence-electron chi connectivity index (χ1n) is 9.10. The van der Waals surface area contributed by atoms with Crippen molar-refractivity contribution in [2.24, 2.45) is 0 Å². The van der Waals surface area contributed by atoms with Crippen molar-refractivity contribution >= 4 is 16.6 Å². The first kappa shape index (κ1) is 16.8. The Morgan fingerprint density at radius 3 is 2.77 bits per heavy atom. The van der Waals surface area contributed by atoms with Gasteiger partial charge in [0, 0.05) is 22.2 Å². The van der Waals surface area contributed by atoms with Crippen LogP contribution in [0.15, 0.2) is 29.1 Å². The monoisotopic (exact) mass is 349 g/mol. The molecule has 1 aliphatic rings. The number of hydrogen-bond donors (Lipinski definition) is 2. The van der Waals surface area contributed by atoms with E-state index in [4.69, 9.17) is 10.7 Å². The maximum absolute atomic E-state index is 12.9. The van der Waals surface area contributed by atoms with Crippen LogP contribution < -0.4 is 11.3 Å². The van der Waals surface area contributed by atoms with Gasteiger partial charge in [0.1, 0.15) is 0 Å². The van der Waals surface area contributed by atoms with Gasteiger partial charge in [0.2, 0.25) is 0 Å². The van der Waals surface area contributed by atoms with Crippen molar-refractivity contribution in [2.75, 3.05) is 5.73 Å². The number of nitrogens with zero attached hydrogens (tertiary/aromatic N) is 2. The number of fused-ring (bicyclic) bond motifs is 4. The highest BCUT2D eigenvalue weighted by Crippen LogP contribution is 2.37. The third kappa shape index (κ3) is 2.27. The Labute approximate surface area is 152 Å². The highest BCUT2D eigenvalue weighted by molar-refractivity contribution is 5.90. The van der Waals surface area contributed by atoms with E-state index in [1.807, 2.05) is 31.2 Å². The molecule has 134 valence electrons. The molecule has 0 amide bonds. The highest BCUT2D eigenvalue weighted by Gasteiger charge is 2.27. The van der Waals surface area contributed by atoms with Gasteiger partial charge in [0.05, 0.1) is 29.6 Å². The SMILES string of the molecule is CCc1c2c(nc3ccc(N)cc13)-c1cc(C(O)CC)c(C)c(=O)n1C2. The first-order valence-corrected chi connectivity index (χ1v) is 9.10. The average molecular weight is 349 g/mol. The van der Waals surface area contributed by atoms with E-state index in [0.717, 1.165) is 34.3 Å². The molecule has 0 aliphatic carbocycles. The van der Waals surface area contributed by atoms with Crippen molar-refractivity contribution in [1.29, 1.82) is 0 Å². The Morgan fingerprint density at radius 2 is 2.08 bits per heavy atom. The number of aromatic nitrogens is 2. The van der Waals surface area contributed by atoms with Crippen LogP contribution in [0.5, 0.6) is 0 Å². The lowest BCUT2D eigenvalue weighted by Crippen LogP contribution is -2.23. The standard InChI is InChI=1S/C21H23N3O2/c1-4-13-15-8-12(22)6-7-17(15)23-20-16(13)10-24-18(20)9-14(19(25)5-2)11(3)21(24)26/h6-9,19,25H,4-5,10,22H2,1-3H3. The third-order valence-electron chi connectivity index (χ3n) is 5.47. The lowest BCUT2D eigenvalue weighted by molar-refractivity contribution is 0.172. The van der Waals surface area contributed by atoms with Crippen LogP contribution in [0.4, 0.5) is 5.69 Å². The fourth-order valence-electron chi connectivity index (χ4n) is 4.02. The number of pyridine rings is 2. The van der Waals surface area contributed by atoms with Gasteiger partial charge in [-0.25, -0.2) is 4.98 Å². The summed E-state index contributed by atoms with van der Waals surface area (Å²) in [5.74, 6) is 0. The normalized spacial score (nSPS) is 13.7. The number of hydrogen-bond acceptors (Lipinski definition) is 4. The summed E-state index contributed by atoms with van der Waals surface area (Å²) >= 11 is 0. The fourth-order valence-corrected chi connectivity index (χ4v) is 4.02. The van der Waals surface area contributed by atoms with Crippen LogP contribution in [0.2, 0.25) is 0 Å². The minimum absolute atomic E-state index is 0.0476. The lowest BCUT2D eigenvalue weighted by atomic mass is 9.97. The van der Waals surface area contributed by atoms with Gasteiger partial charge in [0.15, 0.2) is 0 Å². The quantitative estimate of drug-likeness (QED) is 0.556. The smallest absolute Gasteiger partial charge is 0.254 e. The number of rotatable bonds is 3. The number of benzene rings is 1. The summed E-state index contributed by atoms with van der Waals surface area (Å²) in [4.78, 5) is 17.8. The maximum Gasteiger partial charge on any atom is 0.254 e. The summed E-state index contributed by atoms with van der Waals surface area (Å²) in [5, 5.41) is 11.4.